The summed E-state index contributed by atoms with van der Waals surface area (Å²) in [6, 6.07) is 4.65. The Labute approximate surface area is 103 Å². The average Bonchev–Trinajstić information content (AvgIpc) is 2.08. The zero-order valence-corrected chi connectivity index (χ0v) is 9.78. The normalized spacial score (nSPS) is 10.6. The Kier molecular flexibility index (Phi) is 5.28. The fraction of sp³-hybridized carbons (Fsp3) is 0.300. The Morgan fingerprint density at radius 3 is 2.53 bits per heavy atom. The van der Waals surface area contributed by atoms with Gasteiger partial charge in [-0.15, -0.1) is 12.4 Å². The molecule has 0 saturated carbocycles. The van der Waals surface area contributed by atoms with Gasteiger partial charge >= 0.3 is 6.18 Å². The molecule has 1 aromatic carbocycles. The van der Waals surface area contributed by atoms with Gasteiger partial charge in [-0.25, -0.2) is 0 Å². The number of anilines is 2. The van der Waals surface area contributed by atoms with E-state index >= 15 is 0 Å². The van der Waals surface area contributed by atoms with Crippen LogP contribution in [-0.4, -0.2) is 12.1 Å². The molecule has 0 aliphatic heterocycles. The molecule has 0 saturated heterocycles. The van der Waals surface area contributed by atoms with Gasteiger partial charge in [0, 0.05) is 11.4 Å². The highest BCUT2D eigenvalue weighted by Crippen LogP contribution is 2.22. The number of hydrogen-bond donors (Lipinski definition) is 2. The first-order valence-electron chi connectivity index (χ1n) is 4.50. The molecule has 1 aromatic rings. The highest BCUT2D eigenvalue weighted by Gasteiger charge is 2.31. The maximum absolute atomic E-state index is 11.9. The number of aryl methyl sites for hydroxylation is 1. The fourth-order valence-corrected chi connectivity index (χ4v) is 1.15. The van der Waals surface area contributed by atoms with Gasteiger partial charge in [0.1, 0.15) is 6.42 Å². The molecular weight excluding hydrogens is 257 g/mol. The van der Waals surface area contributed by atoms with Gasteiger partial charge in [0.2, 0.25) is 5.91 Å². The number of nitrogens with two attached hydrogens (primary N) is 1. The Bertz CT molecular complexity index is 407. The van der Waals surface area contributed by atoms with Crippen molar-refractivity contribution >= 4 is 29.7 Å². The number of rotatable bonds is 2. The van der Waals surface area contributed by atoms with Crippen LogP contribution in [0.2, 0.25) is 0 Å². The van der Waals surface area contributed by atoms with E-state index in [4.69, 9.17) is 5.73 Å². The first kappa shape index (κ1) is 15.6. The van der Waals surface area contributed by atoms with Crippen molar-refractivity contribution in [2.24, 2.45) is 0 Å². The summed E-state index contributed by atoms with van der Waals surface area (Å²) in [5.41, 5.74) is 6.80. The highest BCUT2D eigenvalue weighted by atomic mass is 35.5. The molecule has 0 unspecified atom stereocenters. The van der Waals surface area contributed by atoms with Crippen LogP contribution in [0.5, 0.6) is 0 Å². The average molecular weight is 269 g/mol. The van der Waals surface area contributed by atoms with Crippen LogP contribution in [-0.2, 0) is 4.79 Å². The van der Waals surface area contributed by atoms with E-state index in [9.17, 15) is 18.0 Å². The van der Waals surface area contributed by atoms with Gasteiger partial charge in [-0.3, -0.25) is 4.79 Å². The SMILES string of the molecule is Cc1ccc(N)cc1NC(=O)CC(F)(F)F.Cl. The van der Waals surface area contributed by atoms with E-state index in [1.54, 1.807) is 19.1 Å². The molecule has 0 radical (unpaired) electrons. The van der Waals surface area contributed by atoms with E-state index < -0.39 is 18.5 Å². The Morgan fingerprint density at radius 2 is 2.00 bits per heavy atom. The molecule has 0 bridgehead atoms. The second-order valence-electron chi connectivity index (χ2n) is 3.41. The van der Waals surface area contributed by atoms with Gasteiger partial charge in [-0.1, -0.05) is 6.07 Å². The molecule has 0 atom stereocenters. The monoisotopic (exact) mass is 268 g/mol. The van der Waals surface area contributed by atoms with Crippen molar-refractivity contribution in [3.05, 3.63) is 23.8 Å². The minimum atomic E-state index is -4.50. The van der Waals surface area contributed by atoms with Gasteiger partial charge in [0.15, 0.2) is 0 Å². The van der Waals surface area contributed by atoms with Crippen molar-refractivity contribution in [2.45, 2.75) is 19.5 Å². The van der Waals surface area contributed by atoms with Crippen LogP contribution in [0.4, 0.5) is 24.5 Å². The van der Waals surface area contributed by atoms with E-state index in [1.165, 1.54) is 6.07 Å². The summed E-state index contributed by atoms with van der Waals surface area (Å²) in [5, 5.41) is 2.17. The topological polar surface area (TPSA) is 55.1 Å². The largest absolute Gasteiger partial charge is 0.399 e. The van der Waals surface area contributed by atoms with Crippen LogP contribution in [0.15, 0.2) is 18.2 Å². The Morgan fingerprint density at radius 1 is 1.41 bits per heavy atom. The molecule has 0 fully saturated rings. The van der Waals surface area contributed by atoms with Crippen LogP contribution in [0.1, 0.15) is 12.0 Å². The molecule has 7 heteroatoms. The number of nitrogens with one attached hydrogen (secondary N) is 1. The molecule has 0 heterocycles. The van der Waals surface area contributed by atoms with E-state index in [1.807, 2.05) is 0 Å². The zero-order valence-electron chi connectivity index (χ0n) is 8.97. The Balaban J connectivity index is 0.00000256. The van der Waals surface area contributed by atoms with Crippen molar-refractivity contribution in [2.75, 3.05) is 11.1 Å². The van der Waals surface area contributed by atoms with Gasteiger partial charge in [-0.05, 0) is 24.6 Å². The van der Waals surface area contributed by atoms with Gasteiger partial charge in [0.05, 0.1) is 0 Å². The smallest absolute Gasteiger partial charge is 0.397 e. The van der Waals surface area contributed by atoms with Crippen molar-refractivity contribution in [1.29, 1.82) is 0 Å². The van der Waals surface area contributed by atoms with Crippen molar-refractivity contribution in [1.82, 2.24) is 0 Å². The van der Waals surface area contributed by atoms with Gasteiger partial charge in [-0.2, -0.15) is 13.2 Å². The lowest BCUT2D eigenvalue weighted by molar-refractivity contribution is -0.150. The fourth-order valence-electron chi connectivity index (χ4n) is 1.15. The third-order valence-corrected chi connectivity index (χ3v) is 1.90. The van der Waals surface area contributed by atoms with Gasteiger partial charge < -0.3 is 11.1 Å². The van der Waals surface area contributed by atoms with E-state index in [0.717, 1.165) is 0 Å². The summed E-state index contributed by atoms with van der Waals surface area (Å²) in [4.78, 5) is 11.0. The standard InChI is InChI=1S/C10H11F3N2O.ClH/c1-6-2-3-7(14)4-8(6)15-9(16)5-10(11,12)13;/h2-4H,5,14H2,1H3,(H,15,16);1H. The minimum absolute atomic E-state index is 0. The van der Waals surface area contributed by atoms with Crippen LogP contribution in [0.25, 0.3) is 0 Å². The molecule has 0 aliphatic rings. The molecular formula is C10H12ClF3N2O. The summed E-state index contributed by atoms with van der Waals surface area (Å²) in [7, 11) is 0. The predicted octanol–water partition coefficient (Wildman–Crippen LogP) is 2.89. The molecule has 96 valence electrons. The molecule has 0 spiro atoms. The summed E-state index contributed by atoms with van der Waals surface area (Å²) < 4.78 is 35.7. The first-order valence-corrected chi connectivity index (χ1v) is 4.50. The number of carbonyl (C=O) groups excluding carboxylic acids is 1. The zero-order chi connectivity index (χ0) is 12.3. The second kappa shape index (κ2) is 5.77. The highest BCUT2D eigenvalue weighted by molar-refractivity contribution is 5.92. The summed E-state index contributed by atoms with van der Waals surface area (Å²) in [6.45, 7) is 1.67. The molecule has 17 heavy (non-hydrogen) atoms. The number of amides is 1. The number of halogens is 4. The number of hydrogen-bond acceptors (Lipinski definition) is 2. The lowest BCUT2D eigenvalue weighted by atomic mass is 10.2. The van der Waals surface area contributed by atoms with Crippen molar-refractivity contribution < 1.29 is 18.0 Å². The van der Waals surface area contributed by atoms with Crippen molar-refractivity contribution in [3.8, 4) is 0 Å². The lowest BCUT2D eigenvalue weighted by Gasteiger charge is -2.10. The molecule has 0 aliphatic carbocycles. The number of nitrogen functional groups attached to an aromatic ring is 1. The molecule has 1 rings (SSSR count). The van der Waals surface area contributed by atoms with Crippen molar-refractivity contribution in [3.63, 3.8) is 0 Å². The summed E-state index contributed by atoms with van der Waals surface area (Å²) >= 11 is 0. The maximum atomic E-state index is 11.9. The minimum Gasteiger partial charge on any atom is -0.399 e. The first-order chi connectivity index (χ1) is 7.28. The van der Waals surface area contributed by atoms with E-state index in [-0.39, 0.29) is 12.4 Å². The van der Waals surface area contributed by atoms with Crippen LogP contribution in [0.3, 0.4) is 0 Å². The summed E-state index contributed by atoms with van der Waals surface area (Å²) in [5.74, 6) is -1.10. The molecule has 1 amide bonds. The summed E-state index contributed by atoms with van der Waals surface area (Å²) in [6.07, 6.45) is -6.00. The van der Waals surface area contributed by atoms with Crippen LogP contribution < -0.4 is 11.1 Å². The Hall–Kier alpha value is -1.43. The van der Waals surface area contributed by atoms with Crippen LogP contribution >= 0.6 is 12.4 Å². The maximum Gasteiger partial charge on any atom is 0.397 e. The number of carbonyl (C=O) groups is 1. The molecule has 3 nitrogen and oxygen atoms in total. The predicted molar refractivity (Wildman–Crippen MR) is 62.1 cm³/mol. The van der Waals surface area contributed by atoms with E-state index in [0.29, 0.717) is 16.9 Å². The van der Waals surface area contributed by atoms with Gasteiger partial charge in [0.25, 0.3) is 0 Å². The third kappa shape index (κ3) is 5.44. The third-order valence-electron chi connectivity index (χ3n) is 1.90. The lowest BCUT2D eigenvalue weighted by Crippen LogP contribution is -2.21. The molecule has 3 N–H and O–H groups in total. The van der Waals surface area contributed by atoms with E-state index in [2.05, 4.69) is 5.32 Å². The molecule has 0 aromatic heterocycles. The van der Waals surface area contributed by atoms with Crippen LogP contribution in [0, 0.1) is 6.92 Å². The number of alkyl halides is 3. The quantitative estimate of drug-likeness (QED) is 0.811. The second-order valence-corrected chi connectivity index (χ2v) is 3.41. The number of benzene rings is 1.